The van der Waals surface area contributed by atoms with Crippen molar-refractivity contribution in [1.29, 1.82) is 0 Å². The summed E-state index contributed by atoms with van der Waals surface area (Å²) in [5, 5.41) is 2.79. The van der Waals surface area contributed by atoms with Gasteiger partial charge in [0.15, 0.2) is 0 Å². The summed E-state index contributed by atoms with van der Waals surface area (Å²) in [4.78, 5) is 30.5. The molecule has 1 aromatic heterocycles. The van der Waals surface area contributed by atoms with Gasteiger partial charge < -0.3 is 10.2 Å². The van der Waals surface area contributed by atoms with Gasteiger partial charge in [0.2, 0.25) is 11.8 Å². The number of likely N-dealkylation sites (tertiary alicyclic amines) is 1. The summed E-state index contributed by atoms with van der Waals surface area (Å²) in [5.41, 5.74) is 3.30. The third-order valence-corrected chi connectivity index (χ3v) is 4.24. The van der Waals surface area contributed by atoms with E-state index in [1.807, 2.05) is 44.2 Å². The Morgan fingerprint density at radius 2 is 1.88 bits per heavy atom. The van der Waals surface area contributed by atoms with Gasteiger partial charge in [0.1, 0.15) is 5.82 Å². The lowest BCUT2D eigenvalue weighted by Crippen LogP contribution is -2.28. The molecule has 0 spiro atoms. The van der Waals surface area contributed by atoms with Crippen LogP contribution in [0.2, 0.25) is 0 Å². The first kappa shape index (κ1) is 16.2. The van der Waals surface area contributed by atoms with Crippen LogP contribution in [0.3, 0.4) is 0 Å². The fraction of sp³-hybridized carbons (Fsp3) is 0.316. The molecule has 2 aromatic rings. The molecule has 1 aromatic carbocycles. The van der Waals surface area contributed by atoms with Crippen molar-refractivity contribution in [2.45, 2.75) is 26.8 Å². The number of carbonyl (C=O) groups is 2. The zero-order valence-electron chi connectivity index (χ0n) is 14.0. The van der Waals surface area contributed by atoms with Crippen molar-refractivity contribution in [3.05, 3.63) is 59.3 Å². The summed E-state index contributed by atoms with van der Waals surface area (Å²) in [7, 11) is 0. The van der Waals surface area contributed by atoms with E-state index < -0.39 is 0 Å². The summed E-state index contributed by atoms with van der Waals surface area (Å²) in [6, 6.07) is 11.8. The number of nitrogens with zero attached hydrogens (tertiary/aromatic N) is 2. The van der Waals surface area contributed by atoms with Crippen molar-refractivity contribution in [1.82, 2.24) is 9.88 Å². The molecular weight excluding hydrogens is 302 g/mol. The van der Waals surface area contributed by atoms with E-state index in [0.717, 1.165) is 11.1 Å². The second kappa shape index (κ2) is 6.83. The summed E-state index contributed by atoms with van der Waals surface area (Å²) in [5.74, 6) is 0.0692. The number of aryl methyl sites for hydroxylation is 2. The highest BCUT2D eigenvalue weighted by molar-refractivity contribution is 5.96. The molecule has 1 N–H and O–H groups in total. The number of nitrogens with one attached hydrogen (secondary N) is 1. The van der Waals surface area contributed by atoms with E-state index in [9.17, 15) is 9.59 Å². The van der Waals surface area contributed by atoms with Gasteiger partial charge in [-0.3, -0.25) is 9.59 Å². The number of carbonyl (C=O) groups excluding carboxylic acids is 2. The summed E-state index contributed by atoms with van der Waals surface area (Å²) in [6.07, 6.45) is 1.96. The predicted molar refractivity (Wildman–Crippen MR) is 92.3 cm³/mol. The van der Waals surface area contributed by atoms with Crippen LogP contribution in [0.15, 0.2) is 42.6 Å². The number of hydrogen-bond donors (Lipinski definition) is 1. The molecule has 0 unspecified atom stereocenters. The van der Waals surface area contributed by atoms with Crippen LogP contribution in [0.4, 0.5) is 5.82 Å². The molecule has 0 radical (unpaired) electrons. The number of pyridine rings is 1. The molecule has 0 saturated carbocycles. The monoisotopic (exact) mass is 323 g/mol. The summed E-state index contributed by atoms with van der Waals surface area (Å²) < 4.78 is 0. The number of amides is 2. The SMILES string of the molecule is Cc1ccc(CN2C[C@H](C(=O)Nc3ccc(C)cn3)CC2=O)cc1. The van der Waals surface area contributed by atoms with E-state index in [1.54, 1.807) is 17.2 Å². The van der Waals surface area contributed by atoms with Gasteiger partial charge in [0.25, 0.3) is 0 Å². The Kier molecular flexibility index (Phi) is 4.60. The van der Waals surface area contributed by atoms with Crippen molar-refractivity contribution >= 4 is 17.6 Å². The van der Waals surface area contributed by atoms with Crippen LogP contribution in [0, 0.1) is 19.8 Å². The zero-order chi connectivity index (χ0) is 17.1. The van der Waals surface area contributed by atoms with Crippen molar-refractivity contribution in [2.24, 2.45) is 5.92 Å². The van der Waals surface area contributed by atoms with Crippen molar-refractivity contribution in [3.8, 4) is 0 Å². The van der Waals surface area contributed by atoms with E-state index >= 15 is 0 Å². The Balaban J connectivity index is 1.60. The Morgan fingerprint density at radius 3 is 2.54 bits per heavy atom. The molecule has 3 rings (SSSR count). The number of aromatic nitrogens is 1. The molecule has 1 saturated heterocycles. The molecule has 5 heteroatoms. The first-order chi connectivity index (χ1) is 11.5. The van der Waals surface area contributed by atoms with Gasteiger partial charge in [-0.05, 0) is 31.0 Å². The predicted octanol–water partition coefficient (Wildman–Crippen LogP) is 2.69. The van der Waals surface area contributed by atoms with Gasteiger partial charge in [0, 0.05) is 25.7 Å². The maximum absolute atomic E-state index is 12.4. The van der Waals surface area contributed by atoms with E-state index in [-0.39, 0.29) is 24.2 Å². The third-order valence-electron chi connectivity index (χ3n) is 4.24. The molecule has 1 aliphatic rings. The maximum atomic E-state index is 12.4. The third kappa shape index (κ3) is 3.79. The lowest BCUT2D eigenvalue weighted by molar-refractivity contribution is -0.128. The first-order valence-corrected chi connectivity index (χ1v) is 8.08. The topological polar surface area (TPSA) is 62.3 Å². The molecule has 1 aliphatic heterocycles. The minimum Gasteiger partial charge on any atom is -0.338 e. The van der Waals surface area contributed by atoms with Crippen molar-refractivity contribution in [3.63, 3.8) is 0 Å². The number of benzene rings is 1. The van der Waals surface area contributed by atoms with Gasteiger partial charge in [0.05, 0.1) is 5.92 Å². The zero-order valence-corrected chi connectivity index (χ0v) is 14.0. The average Bonchev–Trinajstić information content (AvgIpc) is 2.93. The van der Waals surface area contributed by atoms with E-state index in [2.05, 4.69) is 10.3 Å². The second-order valence-electron chi connectivity index (χ2n) is 6.37. The van der Waals surface area contributed by atoms with Gasteiger partial charge in [-0.1, -0.05) is 35.9 Å². The molecule has 124 valence electrons. The minimum absolute atomic E-state index is 0.0209. The standard InChI is InChI=1S/C19H21N3O2/c1-13-3-6-15(7-4-13)11-22-12-16(9-18(22)23)19(24)21-17-8-5-14(2)10-20-17/h3-8,10,16H,9,11-12H2,1-2H3,(H,20,21,24)/t16-/m1/s1. The molecule has 24 heavy (non-hydrogen) atoms. The molecule has 0 bridgehead atoms. The van der Waals surface area contributed by atoms with Gasteiger partial charge in [-0.25, -0.2) is 4.98 Å². The molecule has 1 fully saturated rings. The van der Waals surface area contributed by atoms with E-state index in [4.69, 9.17) is 0 Å². The highest BCUT2D eigenvalue weighted by Crippen LogP contribution is 2.21. The Bertz CT molecular complexity index is 738. The molecule has 2 heterocycles. The van der Waals surface area contributed by atoms with E-state index in [0.29, 0.717) is 18.9 Å². The van der Waals surface area contributed by atoms with Crippen LogP contribution in [-0.2, 0) is 16.1 Å². The second-order valence-corrected chi connectivity index (χ2v) is 6.37. The smallest absolute Gasteiger partial charge is 0.230 e. The summed E-state index contributed by atoms with van der Waals surface area (Å²) >= 11 is 0. The lowest BCUT2D eigenvalue weighted by Gasteiger charge is -2.16. The van der Waals surface area contributed by atoms with Crippen LogP contribution in [0.5, 0.6) is 0 Å². The molecule has 5 nitrogen and oxygen atoms in total. The normalized spacial score (nSPS) is 17.2. The van der Waals surface area contributed by atoms with Crippen LogP contribution < -0.4 is 5.32 Å². The van der Waals surface area contributed by atoms with Gasteiger partial charge in [-0.2, -0.15) is 0 Å². The largest absolute Gasteiger partial charge is 0.338 e. The Morgan fingerprint density at radius 1 is 1.17 bits per heavy atom. The van der Waals surface area contributed by atoms with Gasteiger partial charge in [-0.15, -0.1) is 0 Å². The maximum Gasteiger partial charge on any atom is 0.230 e. The fourth-order valence-electron chi connectivity index (χ4n) is 2.78. The van der Waals surface area contributed by atoms with Crippen molar-refractivity contribution < 1.29 is 9.59 Å². The Hall–Kier alpha value is -2.69. The van der Waals surface area contributed by atoms with Crippen LogP contribution in [0.25, 0.3) is 0 Å². The van der Waals surface area contributed by atoms with Crippen LogP contribution in [0.1, 0.15) is 23.1 Å². The fourth-order valence-corrected chi connectivity index (χ4v) is 2.78. The molecular formula is C19H21N3O2. The number of anilines is 1. The van der Waals surface area contributed by atoms with Crippen LogP contribution in [-0.4, -0.2) is 28.2 Å². The average molecular weight is 323 g/mol. The highest BCUT2D eigenvalue weighted by atomic mass is 16.2. The first-order valence-electron chi connectivity index (χ1n) is 8.08. The number of hydrogen-bond acceptors (Lipinski definition) is 3. The lowest BCUT2D eigenvalue weighted by atomic mass is 10.1. The molecule has 0 aliphatic carbocycles. The quantitative estimate of drug-likeness (QED) is 0.941. The molecule has 1 atom stereocenters. The van der Waals surface area contributed by atoms with Crippen LogP contribution >= 0.6 is 0 Å². The van der Waals surface area contributed by atoms with E-state index in [1.165, 1.54) is 5.56 Å². The highest BCUT2D eigenvalue weighted by Gasteiger charge is 2.34. The Labute approximate surface area is 141 Å². The minimum atomic E-state index is -0.328. The van der Waals surface area contributed by atoms with Crippen molar-refractivity contribution in [2.75, 3.05) is 11.9 Å². The summed E-state index contributed by atoms with van der Waals surface area (Å²) in [6.45, 7) is 4.97. The number of rotatable bonds is 4. The van der Waals surface area contributed by atoms with Gasteiger partial charge >= 0.3 is 0 Å². The molecule has 2 amide bonds.